The fraction of sp³-hybridized carbons (Fsp3) is 0.154. The summed E-state index contributed by atoms with van der Waals surface area (Å²) in [6.45, 7) is 1.95. The number of pyridine rings is 2. The summed E-state index contributed by atoms with van der Waals surface area (Å²) in [5, 5.41) is 0. The van der Waals surface area contributed by atoms with Crippen LogP contribution in [-0.2, 0) is 6.42 Å². The van der Waals surface area contributed by atoms with E-state index in [0.717, 1.165) is 11.1 Å². The van der Waals surface area contributed by atoms with Gasteiger partial charge in [-0.2, -0.15) is 0 Å². The van der Waals surface area contributed by atoms with Crippen LogP contribution in [0.1, 0.15) is 21.6 Å². The highest BCUT2D eigenvalue weighted by molar-refractivity contribution is 5.95. The van der Waals surface area contributed by atoms with Gasteiger partial charge < -0.3 is 0 Å². The number of nitrogens with zero attached hydrogens (tertiary/aromatic N) is 2. The van der Waals surface area contributed by atoms with Crippen LogP contribution in [0.3, 0.4) is 0 Å². The summed E-state index contributed by atoms with van der Waals surface area (Å²) >= 11 is 0. The summed E-state index contributed by atoms with van der Waals surface area (Å²) in [7, 11) is 0. The van der Waals surface area contributed by atoms with Crippen molar-refractivity contribution in [3.05, 3.63) is 59.7 Å². The van der Waals surface area contributed by atoms with Gasteiger partial charge in [0.2, 0.25) is 0 Å². The molecule has 0 unspecified atom stereocenters. The third kappa shape index (κ3) is 2.51. The first kappa shape index (κ1) is 10.5. The molecule has 0 spiro atoms. The molecule has 0 atom stereocenters. The molecule has 2 aromatic rings. The van der Waals surface area contributed by atoms with E-state index in [1.54, 1.807) is 18.6 Å². The van der Waals surface area contributed by atoms with Gasteiger partial charge in [-0.15, -0.1) is 0 Å². The highest BCUT2D eigenvalue weighted by Gasteiger charge is 2.08. The topological polar surface area (TPSA) is 42.9 Å². The number of hydrogen-bond donors (Lipinski definition) is 0. The van der Waals surface area contributed by atoms with Crippen molar-refractivity contribution in [3.8, 4) is 0 Å². The maximum absolute atomic E-state index is 11.9. The molecule has 2 aromatic heterocycles. The predicted octanol–water partition coefficient (Wildman–Crippen LogP) is 2.21. The summed E-state index contributed by atoms with van der Waals surface area (Å²) in [4.78, 5) is 19.9. The smallest absolute Gasteiger partial charge is 0.185 e. The lowest BCUT2D eigenvalue weighted by Gasteiger charge is -2.01. The first-order valence-electron chi connectivity index (χ1n) is 5.10. The van der Waals surface area contributed by atoms with Gasteiger partial charge in [-0.05, 0) is 42.3 Å². The molecular weight excluding hydrogens is 200 g/mol. The standard InChI is InChI=1S/C13H12N2O/c1-10-2-7-15-12(8-10)13(16)9-11-3-5-14-6-4-11/h2-8H,9H2,1H3. The molecule has 0 amide bonds. The summed E-state index contributed by atoms with van der Waals surface area (Å²) in [6, 6.07) is 7.37. The van der Waals surface area contributed by atoms with Crippen LogP contribution in [0.25, 0.3) is 0 Å². The largest absolute Gasteiger partial charge is 0.292 e. The molecule has 3 nitrogen and oxygen atoms in total. The van der Waals surface area contributed by atoms with Gasteiger partial charge in [-0.1, -0.05) is 0 Å². The van der Waals surface area contributed by atoms with E-state index < -0.39 is 0 Å². The lowest BCUT2D eigenvalue weighted by atomic mass is 10.1. The first-order chi connectivity index (χ1) is 7.75. The molecule has 2 heterocycles. The van der Waals surface area contributed by atoms with Gasteiger partial charge in [0.1, 0.15) is 5.69 Å². The second-order valence-corrected chi connectivity index (χ2v) is 3.67. The van der Waals surface area contributed by atoms with Crippen LogP contribution in [-0.4, -0.2) is 15.8 Å². The minimum absolute atomic E-state index is 0.0369. The molecule has 0 bridgehead atoms. The number of aryl methyl sites for hydroxylation is 1. The van der Waals surface area contributed by atoms with E-state index in [9.17, 15) is 4.79 Å². The van der Waals surface area contributed by atoms with Crippen LogP contribution in [0, 0.1) is 6.92 Å². The molecule has 3 heteroatoms. The van der Waals surface area contributed by atoms with Crippen LogP contribution in [0.5, 0.6) is 0 Å². The second kappa shape index (κ2) is 4.66. The molecule has 0 fully saturated rings. The van der Waals surface area contributed by atoms with Gasteiger partial charge in [-0.3, -0.25) is 14.8 Å². The van der Waals surface area contributed by atoms with Gasteiger partial charge in [0, 0.05) is 25.0 Å². The molecular formula is C13H12N2O. The van der Waals surface area contributed by atoms with E-state index in [1.165, 1.54) is 0 Å². The molecule has 0 aliphatic carbocycles. The summed E-state index contributed by atoms with van der Waals surface area (Å²) < 4.78 is 0. The average Bonchev–Trinajstić information content (AvgIpc) is 2.30. The molecule has 0 aliphatic rings. The minimum atomic E-state index is 0.0369. The summed E-state index contributed by atoms with van der Waals surface area (Å²) in [5.74, 6) is 0.0369. The van der Waals surface area contributed by atoms with Crippen molar-refractivity contribution in [1.82, 2.24) is 9.97 Å². The Bertz CT molecular complexity index is 494. The molecule has 0 saturated carbocycles. The number of Topliss-reactive ketones (excluding diaryl/α,β-unsaturated/α-hetero) is 1. The molecule has 0 aliphatic heterocycles. The Morgan fingerprint density at radius 3 is 2.62 bits per heavy atom. The lowest BCUT2D eigenvalue weighted by molar-refractivity contribution is 0.0988. The average molecular weight is 212 g/mol. The van der Waals surface area contributed by atoms with Crippen molar-refractivity contribution in [2.24, 2.45) is 0 Å². The highest BCUT2D eigenvalue weighted by atomic mass is 16.1. The Morgan fingerprint density at radius 1 is 1.19 bits per heavy atom. The van der Waals surface area contributed by atoms with Gasteiger partial charge in [0.25, 0.3) is 0 Å². The van der Waals surface area contributed by atoms with Crippen molar-refractivity contribution in [1.29, 1.82) is 0 Å². The fourth-order valence-electron chi connectivity index (χ4n) is 1.47. The monoisotopic (exact) mass is 212 g/mol. The maximum atomic E-state index is 11.9. The fourth-order valence-corrected chi connectivity index (χ4v) is 1.47. The van der Waals surface area contributed by atoms with Gasteiger partial charge in [0.15, 0.2) is 5.78 Å². The molecule has 0 saturated heterocycles. The third-order valence-corrected chi connectivity index (χ3v) is 2.32. The van der Waals surface area contributed by atoms with Crippen LogP contribution >= 0.6 is 0 Å². The van der Waals surface area contributed by atoms with Crippen molar-refractivity contribution < 1.29 is 4.79 Å². The van der Waals surface area contributed by atoms with E-state index in [1.807, 2.05) is 31.2 Å². The van der Waals surface area contributed by atoms with Crippen molar-refractivity contribution in [2.75, 3.05) is 0 Å². The molecule has 0 radical (unpaired) electrons. The summed E-state index contributed by atoms with van der Waals surface area (Å²) in [6.07, 6.45) is 5.41. The van der Waals surface area contributed by atoms with E-state index in [0.29, 0.717) is 12.1 Å². The molecule has 0 aromatic carbocycles. The number of ketones is 1. The Morgan fingerprint density at radius 2 is 1.94 bits per heavy atom. The highest BCUT2D eigenvalue weighted by Crippen LogP contribution is 2.06. The van der Waals surface area contributed by atoms with E-state index in [-0.39, 0.29) is 5.78 Å². The van der Waals surface area contributed by atoms with E-state index in [2.05, 4.69) is 9.97 Å². The third-order valence-electron chi connectivity index (χ3n) is 2.32. The minimum Gasteiger partial charge on any atom is -0.292 e. The number of carbonyl (C=O) groups is 1. The van der Waals surface area contributed by atoms with Crippen molar-refractivity contribution in [3.63, 3.8) is 0 Å². The molecule has 16 heavy (non-hydrogen) atoms. The maximum Gasteiger partial charge on any atom is 0.185 e. The quantitative estimate of drug-likeness (QED) is 0.732. The molecule has 80 valence electrons. The number of rotatable bonds is 3. The SMILES string of the molecule is Cc1ccnc(C(=O)Cc2ccncc2)c1. The zero-order valence-electron chi connectivity index (χ0n) is 9.05. The van der Waals surface area contributed by atoms with Crippen molar-refractivity contribution in [2.45, 2.75) is 13.3 Å². The van der Waals surface area contributed by atoms with E-state index >= 15 is 0 Å². The first-order valence-corrected chi connectivity index (χ1v) is 5.10. The van der Waals surface area contributed by atoms with Crippen LogP contribution in [0.2, 0.25) is 0 Å². The van der Waals surface area contributed by atoms with Gasteiger partial charge in [-0.25, -0.2) is 0 Å². The second-order valence-electron chi connectivity index (χ2n) is 3.67. The number of carbonyl (C=O) groups excluding carboxylic acids is 1. The molecule has 2 rings (SSSR count). The Labute approximate surface area is 94.2 Å². The van der Waals surface area contributed by atoms with Gasteiger partial charge in [0.05, 0.1) is 0 Å². The van der Waals surface area contributed by atoms with Crippen LogP contribution in [0.4, 0.5) is 0 Å². The predicted molar refractivity (Wildman–Crippen MR) is 61.2 cm³/mol. The summed E-state index contributed by atoms with van der Waals surface area (Å²) in [5.41, 5.74) is 2.54. The number of aromatic nitrogens is 2. The molecule has 0 N–H and O–H groups in total. The zero-order valence-corrected chi connectivity index (χ0v) is 9.05. The number of hydrogen-bond acceptors (Lipinski definition) is 3. The van der Waals surface area contributed by atoms with E-state index in [4.69, 9.17) is 0 Å². The Balaban J connectivity index is 2.15. The lowest BCUT2D eigenvalue weighted by Crippen LogP contribution is -2.06. The normalized spacial score (nSPS) is 10.1. The van der Waals surface area contributed by atoms with Crippen LogP contribution < -0.4 is 0 Å². The Kier molecular flexibility index (Phi) is 3.05. The van der Waals surface area contributed by atoms with Gasteiger partial charge >= 0.3 is 0 Å². The van der Waals surface area contributed by atoms with Crippen LogP contribution in [0.15, 0.2) is 42.9 Å². The Hall–Kier alpha value is -2.03. The zero-order chi connectivity index (χ0) is 11.4. The van der Waals surface area contributed by atoms with Crippen molar-refractivity contribution >= 4 is 5.78 Å².